The van der Waals surface area contributed by atoms with E-state index in [0.29, 0.717) is 0 Å². The number of ether oxygens (including phenoxy) is 1. The molecule has 2 heterocycles. The van der Waals surface area contributed by atoms with Crippen molar-refractivity contribution in [1.82, 2.24) is 10.2 Å². The van der Waals surface area contributed by atoms with E-state index in [0.717, 1.165) is 18.7 Å². The van der Waals surface area contributed by atoms with Gasteiger partial charge in [-0.1, -0.05) is 19.3 Å². The van der Waals surface area contributed by atoms with E-state index < -0.39 is 0 Å². The second kappa shape index (κ2) is 6.11. The molecule has 3 rings (SSSR count). The third-order valence-corrected chi connectivity index (χ3v) is 5.53. The molecular formula is C16H30N2O. The Kier molecular flexibility index (Phi) is 4.45. The van der Waals surface area contributed by atoms with Crippen molar-refractivity contribution >= 4 is 0 Å². The van der Waals surface area contributed by atoms with Gasteiger partial charge in [0, 0.05) is 25.2 Å². The van der Waals surface area contributed by atoms with Crippen molar-refractivity contribution in [2.75, 3.05) is 26.7 Å². The molecule has 1 aliphatic carbocycles. The van der Waals surface area contributed by atoms with Crippen LogP contribution in [-0.2, 0) is 4.74 Å². The van der Waals surface area contributed by atoms with Crippen LogP contribution in [0, 0.1) is 0 Å². The van der Waals surface area contributed by atoms with Gasteiger partial charge in [-0.15, -0.1) is 0 Å². The highest BCUT2D eigenvalue weighted by Gasteiger charge is 2.39. The molecule has 3 fully saturated rings. The predicted octanol–water partition coefficient (Wildman–Crippen LogP) is 2.55. The highest BCUT2D eigenvalue weighted by atomic mass is 16.5. The molecule has 0 aromatic heterocycles. The van der Waals surface area contributed by atoms with Crippen LogP contribution in [0.2, 0.25) is 0 Å². The topological polar surface area (TPSA) is 24.5 Å². The fraction of sp³-hybridized carbons (Fsp3) is 1.00. The first kappa shape index (κ1) is 13.8. The van der Waals surface area contributed by atoms with Crippen LogP contribution in [0.4, 0.5) is 0 Å². The molecule has 2 unspecified atom stereocenters. The van der Waals surface area contributed by atoms with E-state index in [2.05, 4.69) is 17.3 Å². The average Bonchev–Trinajstić information content (AvgIpc) is 2.92. The average molecular weight is 266 g/mol. The summed E-state index contributed by atoms with van der Waals surface area (Å²) < 4.78 is 6.21. The van der Waals surface area contributed by atoms with Gasteiger partial charge >= 0.3 is 0 Å². The Morgan fingerprint density at radius 1 is 1.16 bits per heavy atom. The number of nitrogens with one attached hydrogen (secondary N) is 1. The molecule has 2 saturated heterocycles. The van der Waals surface area contributed by atoms with Gasteiger partial charge in [0.25, 0.3) is 0 Å². The van der Waals surface area contributed by atoms with Crippen LogP contribution in [-0.4, -0.2) is 49.3 Å². The highest BCUT2D eigenvalue weighted by Crippen LogP contribution is 2.39. The normalized spacial score (nSPS) is 35.1. The van der Waals surface area contributed by atoms with Crippen molar-refractivity contribution in [2.24, 2.45) is 0 Å². The molecule has 110 valence electrons. The third-order valence-electron chi connectivity index (χ3n) is 5.53. The van der Waals surface area contributed by atoms with Gasteiger partial charge in [-0.3, -0.25) is 0 Å². The van der Waals surface area contributed by atoms with Gasteiger partial charge in [-0.2, -0.15) is 0 Å². The molecule has 1 spiro atoms. The Morgan fingerprint density at radius 3 is 2.74 bits per heavy atom. The first-order valence-electron chi connectivity index (χ1n) is 8.35. The molecule has 3 heteroatoms. The Labute approximate surface area is 118 Å². The summed E-state index contributed by atoms with van der Waals surface area (Å²) in [5.41, 5.74) is 0.249. The van der Waals surface area contributed by atoms with Crippen LogP contribution in [0.15, 0.2) is 0 Å². The summed E-state index contributed by atoms with van der Waals surface area (Å²) in [6.45, 7) is 3.42. The lowest BCUT2D eigenvalue weighted by molar-refractivity contribution is -0.122. The summed E-state index contributed by atoms with van der Waals surface area (Å²) in [6.07, 6.45) is 12.0. The van der Waals surface area contributed by atoms with Crippen LogP contribution in [0.1, 0.15) is 57.8 Å². The molecule has 0 radical (unpaired) electrons. The van der Waals surface area contributed by atoms with E-state index in [1.807, 2.05) is 0 Å². The lowest BCUT2D eigenvalue weighted by Crippen LogP contribution is -2.50. The summed E-state index contributed by atoms with van der Waals surface area (Å²) in [6, 6.07) is 1.48. The van der Waals surface area contributed by atoms with E-state index in [9.17, 15) is 0 Å². The number of nitrogens with zero attached hydrogens (tertiary/aromatic N) is 1. The van der Waals surface area contributed by atoms with E-state index in [1.165, 1.54) is 70.9 Å². The van der Waals surface area contributed by atoms with Crippen molar-refractivity contribution in [3.05, 3.63) is 0 Å². The van der Waals surface area contributed by atoms with Crippen LogP contribution in [0.3, 0.4) is 0 Å². The summed E-state index contributed by atoms with van der Waals surface area (Å²) in [5, 5.41) is 3.62. The Morgan fingerprint density at radius 2 is 2.00 bits per heavy atom. The molecule has 1 saturated carbocycles. The summed E-state index contributed by atoms with van der Waals surface area (Å²) in [4.78, 5) is 2.61. The van der Waals surface area contributed by atoms with Crippen molar-refractivity contribution in [1.29, 1.82) is 0 Å². The maximum Gasteiger partial charge on any atom is 0.0697 e. The molecular weight excluding hydrogens is 236 g/mol. The zero-order chi connectivity index (χ0) is 13.1. The second-order valence-corrected chi connectivity index (χ2v) is 6.97. The summed E-state index contributed by atoms with van der Waals surface area (Å²) in [7, 11) is 2.33. The molecule has 0 aromatic rings. The molecule has 0 amide bonds. The fourth-order valence-electron chi connectivity index (χ4n) is 4.33. The van der Waals surface area contributed by atoms with E-state index in [-0.39, 0.29) is 5.60 Å². The lowest BCUT2D eigenvalue weighted by Gasteiger charge is -2.46. The van der Waals surface area contributed by atoms with Gasteiger partial charge in [-0.25, -0.2) is 0 Å². The zero-order valence-electron chi connectivity index (χ0n) is 12.5. The van der Waals surface area contributed by atoms with Crippen LogP contribution < -0.4 is 5.32 Å². The van der Waals surface area contributed by atoms with Gasteiger partial charge < -0.3 is 15.0 Å². The maximum atomic E-state index is 6.21. The minimum absolute atomic E-state index is 0.249. The van der Waals surface area contributed by atoms with Crippen molar-refractivity contribution in [2.45, 2.75) is 75.5 Å². The van der Waals surface area contributed by atoms with Crippen LogP contribution in [0.5, 0.6) is 0 Å². The van der Waals surface area contributed by atoms with Crippen LogP contribution in [0.25, 0.3) is 0 Å². The van der Waals surface area contributed by atoms with Crippen LogP contribution >= 0.6 is 0 Å². The monoisotopic (exact) mass is 266 g/mol. The van der Waals surface area contributed by atoms with Crippen molar-refractivity contribution in [3.8, 4) is 0 Å². The zero-order valence-corrected chi connectivity index (χ0v) is 12.5. The van der Waals surface area contributed by atoms with E-state index >= 15 is 0 Å². The largest absolute Gasteiger partial charge is 0.375 e. The predicted molar refractivity (Wildman–Crippen MR) is 78.4 cm³/mol. The van der Waals surface area contributed by atoms with Gasteiger partial charge in [-0.05, 0) is 52.1 Å². The minimum atomic E-state index is 0.249. The van der Waals surface area contributed by atoms with E-state index in [4.69, 9.17) is 4.74 Å². The Bertz CT molecular complexity index is 277. The fourth-order valence-corrected chi connectivity index (χ4v) is 4.33. The quantitative estimate of drug-likeness (QED) is 0.849. The van der Waals surface area contributed by atoms with Gasteiger partial charge in [0.2, 0.25) is 0 Å². The molecule has 2 aliphatic heterocycles. The number of rotatable bonds is 3. The molecule has 1 N–H and O–H groups in total. The smallest absolute Gasteiger partial charge is 0.0697 e. The lowest BCUT2D eigenvalue weighted by atomic mass is 9.78. The van der Waals surface area contributed by atoms with Crippen molar-refractivity contribution < 1.29 is 4.74 Å². The third kappa shape index (κ3) is 3.32. The van der Waals surface area contributed by atoms with E-state index in [1.54, 1.807) is 0 Å². The first-order chi connectivity index (χ1) is 9.27. The standard InChI is InChI=1S/C16H30N2O/c1-18(13-14-6-5-10-17-14)15-7-11-19-16(12-15)8-3-2-4-9-16/h14-15,17H,2-13H2,1H3. The van der Waals surface area contributed by atoms with Gasteiger partial charge in [0.1, 0.15) is 0 Å². The SMILES string of the molecule is CN(CC1CCCN1)C1CCOC2(CCCCC2)C1. The summed E-state index contributed by atoms with van der Waals surface area (Å²) in [5.74, 6) is 0. The Balaban J connectivity index is 1.54. The molecule has 3 nitrogen and oxygen atoms in total. The molecule has 0 bridgehead atoms. The van der Waals surface area contributed by atoms with Gasteiger partial charge in [0.15, 0.2) is 0 Å². The molecule has 3 aliphatic rings. The minimum Gasteiger partial charge on any atom is -0.375 e. The maximum absolute atomic E-state index is 6.21. The molecule has 0 aromatic carbocycles. The Hall–Kier alpha value is -0.120. The second-order valence-electron chi connectivity index (χ2n) is 6.97. The molecule has 19 heavy (non-hydrogen) atoms. The number of hydrogen-bond acceptors (Lipinski definition) is 3. The first-order valence-corrected chi connectivity index (χ1v) is 8.35. The number of likely N-dealkylation sites (N-methyl/N-ethyl adjacent to an activating group) is 1. The summed E-state index contributed by atoms with van der Waals surface area (Å²) >= 11 is 0. The van der Waals surface area contributed by atoms with Crippen molar-refractivity contribution in [3.63, 3.8) is 0 Å². The van der Waals surface area contributed by atoms with Gasteiger partial charge in [0.05, 0.1) is 5.60 Å². The highest BCUT2D eigenvalue weighted by molar-refractivity contribution is 4.93. The number of hydrogen-bond donors (Lipinski definition) is 1. The molecule has 2 atom stereocenters.